The lowest BCUT2D eigenvalue weighted by molar-refractivity contribution is 0.443. The molecule has 0 saturated carbocycles. The third-order valence-corrected chi connectivity index (χ3v) is 2.67. The summed E-state index contributed by atoms with van der Waals surface area (Å²) in [5.74, 6) is 0.229. The van der Waals surface area contributed by atoms with Crippen LogP contribution in [0.1, 0.15) is 24.4 Å². The molecule has 0 aliphatic rings. The zero-order valence-electron chi connectivity index (χ0n) is 10.5. The smallest absolute Gasteiger partial charge is 0.320 e. The molecule has 2 aromatic rings. The molecule has 2 rings (SSSR count). The lowest BCUT2D eigenvalue weighted by atomic mass is 10.2. The minimum atomic E-state index is -0.270. The maximum Gasteiger partial charge on any atom is 0.320 e. The first kappa shape index (κ1) is 12.5. The number of rotatable bonds is 4. The SMILES string of the molecule is CNC(C)c1nnc(Nc2ccc(F)cc2C)o1. The average molecular weight is 250 g/mol. The summed E-state index contributed by atoms with van der Waals surface area (Å²) in [6.07, 6.45) is 0. The number of nitrogens with zero attached hydrogens (tertiary/aromatic N) is 2. The summed E-state index contributed by atoms with van der Waals surface area (Å²) in [5.41, 5.74) is 1.51. The van der Waals surface area contributed by atoms with Crippen molar-refractivity contribution in [1.29, 1.82) is 0 Å². The maximum absolute atomic E-state index is 13.0. The summed E-state index contributed by atoms with van der Waals surface area (Å²) < 4.78 is 18.4. The molecule has 1 unspecified atom stereocenters. The number of nitrogens with one attached hydrogen (secondary N) is 2. The van der Waals surface area contributed by atoms with Gasteiger partial charge in [0.15, 0.2) is 0 Å². The van der Waals surface area contributed by atoms with E-state index in [-0.39, 0.29) is 11.9 Å². The molecule has 6 heteroatoms. The van der Waals surface area contributed by atoms with Crippen LogP contribution in [0.15, 0.2) is 22.6 Å². The number of aryl methyl sites for hydroxylation is 1. The highest BCUT2D eigenvalue weighted by atomic mass is 19.1. The van der Waals surface area contributed by atoms with E-state index in [9.17, 15) is 4.39 Å². The van der Waals surface area contributed by atoms with E-state index in [2.05, 4.69) is 20.8 Å². The topological polar surface area (TPSA) is 63.0 Å². The van der Waals surface area contributed by atoms with Crippen molar-refractivity contribution in [2.45, 2.75) is 19.9 Å². The lowest BCUT2D eigenvalue weighted by Gasteiger charge is -2.05. The second kappa shape index (κ2) is 5.14. The molecule has 1 aromatic heterocycles. The largest absolute Gasteiger partial charge is 0.406 e. The highest BCUT2D eigenvalue weighted by Gasteiger charge is 2.12. The average Bonchev–Trinajstić information content (AvgIpc) is 2.80. The van der Waals surface area contributed by atoms with Crippen LogP contribution in [-0.4, -0.2) is 17.2 Å². The maximum atomic E-state index is 13.0. The van der Waals surface area contributed by atoms with E-state index in [0.29, 0.717) is 11.9 Å². The van der Waals surface area contributed by atoms with E-state index in [4.69, 9.17) is 4.42 Å². The molecule has 0 saturated heterocycles. The first-order valence-corrected chi connectivity index (χ1v) is 5.64. The van der Waals surface area contributed by atoms with Gasteiger partial charge in [-0.15, -0.1) is 5.10 Å². The molecule has 2 N–H and O–H groups in total. The van der Waals surface area contributed by atoms with Crippen molar-refractivity contribution in [2.24, 2.45) is 0 Å². The zero-order valence-corrected chi connectivity index (χ0v) is 10.5. The Bertz CT molecular complexity index is 541. The Morgan fingerprint density at radius 2 is 2.11 bits per heavy atom. The van der Waals surface area contributed by atoms with Gasteiger partial charge in [0.1, 0.15) is 5.82 Å². The first-order chi connectivity index (χ1) is 8.60. The van der Waals surface area contributed by atoms with Crippen LogP contribution in [0.3, 0.4) is 0 Å². The van der Waals surface area contributed by atoms with Crippen LogP contribution in [0.2, 0.25) is 0 Å². The number of benzene rings is 1. The molecule has 1 aromatic carbocycles. The van der Waals surface area contributed by atoms with Gasteiger partial charge in [-0.05, 0) is 44.7 Å². The Morgan fingerprint density at radius 3 is 2.78 bits per heavy atom. The molecule has 18 heavy (non-hydrogen) atoms. The van der Waals surface area contributed by atoms with Crippen LogP contribution in [0.4, 0.5) is 16.1 Å². The van der Waals surface area contributed by atoms with Crippen molar-refractivity contribution in [1.82, 2.24) is 15.5 Å². The van der Waals surface area contributed by atoms with Crippen molar-refractivity contribution < 1.29 is 8.81 Å². The quantitative estimate of drug-likeness (QED) is 0.873. The number of halogens is 1. The minimum absolute atomic E-state index is 0.0117. The van der Waals surface area contributed by atoms with E-state index >= 15 is 0 Å². The highest BCUT2D eigenvalue weighted by molar-refractivity contribution is 5.56. The molecule has 0 radical (unpaired) electrons. The summed E-state index contributed by atoms with van der Waals surface area (Å²) in [5, 5.41) is 13.8. The Balaban J connectivity index is 2.16. The lowest BCUT2D eigenvalue weighted by Crippen LogP contribution is -2.12. The fourth-order valence-corrected chi connectivity index (χ4v) is 1.47. The van der Waals surface area contributed by atoms with Gasteiger partial charge in [0.2, 0.25) is 5.89 Å². The molecule has 1 heterocycles. The van der Waals surface area contributed by atoms with Gasteiger partial charge in [0.25, 0.3) is 0 Å². The normalized spacial score (nSPS) is 12.4. The van der Waals surface area contributed by atoms with E-state index in [1.807, 2.05) is 14.0 Å². The molecular formula is C12H15FN4O. The fourth-order valence-electron chi connectivity index (χ4n) is 1.47. The number of aromatic nitrogens is 2. The van der Waals surface area contributed by atoms with Crippen molar-refractivity contribution in [3.05, 3.63) is 35.5 Å². The Hall–Kier alpha value is -1.95. The van der Waals surface area contributed by atoms with Crippen molar-refractivity contribution in [2.75, 3.05) is 12.4 Å². The highest BCUT2D eigenvalue weighted by Crippen LogP contribution is 2.21. The molecule has 0 aliphatic heterocycles. The molecule has 0 spiro atoms. The number of anilines is 2. The molecular weight excluding hydrogens is 235 g/mol. The van der Waals surface area contributed by atoms with Crippen LogP contribution >= 0.6 is 0 Å². The van der Waals surface area contributed by atoms with Gasteiger partial charge in [-0.3, -0.25) is 0 Å². The molecule has 96 valence electrons. The van der Waals surface area contributed by atoms with Crippen molar-refractivity contribution >= 4 is 11.7 Å². The monoisotopic (exact) mass is 250 g/mol. The number of hydrogen-bond acceptors (Lipinski definition) is 5. The third kappa shape index (κ3) is 2.65. The fraction of sp³-hybridized carbons (Fsp3) is 0.333. The van der Waals surface area contributed by atoms with Crippen LogP contribution in [-0.2, 0) is 0 Å². The van der Waals surface area contributed by atoms with Gasteiger partial charge in [-0.1, -0.05) is 5.10 Å². The first-order valence-electron chi connectivity index (χ1n) is 5.64. The molecule has 0 aliphatic carbocycles. The third-order valence-electron chi connectivity index (χ3n) is 2.67. The number of hydrogen-bond donors (Lipinski definition) is 2. The van der Waals surface area contributed by atoms with Crippen molar-refractivity contribution in [3.8, 4) is 0 Å². The predicted octanol–water partition coefficient (Wildman–Crippen LogP) is 2.54. The van der Waals surface area contributed by atoms with E-state index in [1.165, 1.54) is 12.1 Å². The van der Waals surface area contributed by atoms with Crippen LogP contribution in [0.5, 0.6) is 0 Å². The van der Waals surface area contributed by atoms with Crippen LogP contribution in [0.25, 0.3) is 0 Å². The zero-order chi connectivity index (χ0) is 13.1. The van der Waals surface area contributed by atoms with Gasteiger partial charge in [-0.2, -0.15) is 0 Å². The second-order valence-electron chi connectivity index (χ2n) is 4.04. The van der Waals surface area contributed by atoms with Crippen molar-refractivity contribution in [3.63, 3.8) is 0 Å². The van der Waals surface area contributed by atoms with Crippen LogP contribution < -0.4 is 10.6 Å². The van der Waals surface area contributed by atoms with E-state index < -0.39 is 0 Å². The van der Waals surface area contributed by atoms with E-state index in [1.54, 1.807) is 13.0 Å². The summed E-state index contributed by atoms with van der Waals surface area (Å²) in [6, 6.07) is 4.73. The molecule has 1 atom stereocenters. The van der Waals surface area contributed by atoms with Gasteiger partial charge < -0.3 is 15.1 Å². The summed E-state index contributed by atoms with van der Waals surface area (Å²) >= 11 is 0. The van der Waals surface area contributed by atoms with Gasteiger partial charge >= 0.3 is 6.01 Å². The molecule has 0 fully saturated rings. The van der Waals surface area contributed by atoms with Gasteiger partial charge in [0.05, 0.1) is 6.04 Å². The van der Waals surface area contributed by atoms with Gasteiger partial charge in [0, 0.05) is 5.69 Å². The van der Waals surface area contributed by atoms with Crippen LogP contribution in [0, 0.1) is 12.7 Å². The molecule has 0 amide bonds. The Labute approximate surface area is 104 Å². The molecule has 0 bridgehead atoms. The minimum Gasteiger partial charge on any atom is -0.406 e. The van der Waals surface area contributed by atoms with E-state index in [0.717, 1.165) is 11.3 Å². The summed E-state index contributed by atoms with van der Waals surface area (Å²) in [7, 11) is 1.81. The Kier molecular flexibility index (Phi) is 3.57. The summed E-state index contributed by atoms with van der Waals surface area (Å²) in [6.45, 7) is 3.72. The molecule has 5 nitrogen and oxygen atoms in total. The summed E-state index contributed by atoms with van der Waals surface area (Å²) in [4.78, 5) is 0. The predicted molar refractivity (Wildman–Crippen MR) is 66.2 cm³/mol. The van der Waals surface area contributed by atoms with Gasteiger partial charge in [-0.25, -0.2) is 4.39 Å². The standard InChI is InChI=1S/C12H15FN4O/c1-7-6-9(13)4-5-10(7)15-12-17-16-11(18-12)8(2)14-3/h4-6,8,14H,1-3H3,(H,15,17). The Morgan fingerprint density at radius 1 is 1.33 bits per heavy atom. The second-order valence-corrected chi connectivity index (χ2v) is 4.04.